The summed E-state index contributed by atoms with van der Waals surface area (Å²) in [7, 11) is -1.51. The Morgan fingerprint density at radius 2 is 1.58 bits per heavy atom. The lowest BCUT2D eigenvalue weighted by molar-refractivity contribution is -0.175. The average molecular weight is 670 g/mol. The number of imidazole rings is 1. The first-order chi connectivity index (χ1) is 22.7. The number of nitrogens with two attached hydrogens (primary N) is 1. The van der Waals surface area contributed by atoms with Gasteiger partial charge in [-0.05, 0) is 33.9 Å². The monoisotopic (exact) mass is 669 g/mol. The quantitative estimate of drug-likeness (QED) is 0.121. The van der Waals surface area contributed by atoms with Gasteiger partial charge in [0.05, 0.1) is 33.5 Å². The van der Waals surface area contributed by atoms with Crippen molar-refractivity contribution in [3.05, 3.63) is 118 Å². The van der Waals surface area contributed by atoms with E-state index in [9.17, 15) is 20.1 Å². The number of ether oxygens (including phenoxy) is 2. The van der Waals surface area contributed by atoms with Crippen molar-refractivity contribution < 1.29 is 24.8 Å². The number of aliphatic hydroxyl groups excluding tert-OH is 2. The summed E-state index contributed by atoms with van der Waals surface area (Å²) in [5.41, 5.74) is 3.97. The molecule has 0 spiro atoms. The van der Waals surface area contributed by atoms with Crippen LogP contribution < -0.4 is 16.0 Å². The zero-order chi connectivity index (χ0) is 34.7. The number of H-pyrrole nitrogens is 1. The van der Waals surface area contributed by atoms with E-state index in [4.69, 9.17) is 15.2 Å². The van der Waals surface area contributed by atoms with E-state index >= 15 is 0 Å². The smallest absolute Gasteiger partial charge is 0.280 e. The number of nitrogen functional groups attached to an aromatic ring is 1. The molecule has 0 unspecified atom stereocenters. The topological polar surface area (TPSA) is 169 Å². The molecular formula is C36H43N5O6Si. The molecular weight excluding hydrogens is 627 g/mol. The minimum absolute atomic E-state index is 0.0330. The molecule has 1 fully saturated rings. The Morgan fingerprint density at radius 3 is 2.12 bits per heavy atom. The van der Waals surface area contributed by atoms with Crippen molar-refractivity contribution in [2.75, 3.05) is 19.5 Å². The van der Waals surface area contributed by atoms with Gasteiger partial charge in [-0.1, -0.05) is 107 Å². The maximum atomic E-state index is 13.4. The number of aromatic amines is 1. The third kappa shape index (κ3) is 4.43. The summed E-state index contributed by atoms with van der Waals surface area (Å²) in [5, 5.41) is 35.3. The van der Waals surface area contributed by atoms with E-state index in [1.54, 1.807) is 7.11 Å². The van der Waals surface area contributed by atoms with Crippen LogP contribution in [0.15, 0.2) is 96.1 Å². The van der Waals surface area contributed by atoms with Crippen molar-refractivity contribution in [3.63, 3.8) is 0 Å². The molecule has 3 aromatic carbocycles. The van der Waals surface area contributed by atoms with Gasteiger partial charge in [0.1, 0.15) is 23.2 Å². The van der Waals surface area contributed by atoms with Gasteiger partial charge in [0.2, 0.25) is 5.95 Å². The number of rotatable bonds is 8. The number of hydrogen-bond donors (Lipinski definition) is 5. The van der Waals surface area contributed by atoms with Crippen molar-refractivity contribution in [2.45, 2.75) is 67.5 Å². The first kappa shape index (κ1) is 33.6. The van der Waals surface area contributed by atoms with E-state index in [2.05, 4.69) is 15.0 Å². The zero-order valence-electron chi connectivity index (χ0n) is 28.0. The van der Waals surface area contributed by atoms with Crippen LogP contribution in [0.25, 0.3) is 11.2 Å². The van der Waals surface area contributed by atoms with Crippen LogP contribution in [0.4, 0.5) is 5.95 Å². The molecule has 0 aliphatic carbocycles. The van der Waals surface area contributed by atoms with Crippen molar-refractivity contribution >= 4 is 25.2 Å². The summed E-state index contributed by atoms with van der Waals surface area (Å²) in [6.45, 7) is 9.44. The standard InChI is InChI=1S/C36H43N5O6Si/c1-33(2,3)48(5,6)35(45)27(21-42)47-36(31(35)44,41-22-38-28-29(41)39-32(37)40-30(28)43)34(23-14-9-7-10-15-23,24-16-11-8-12-17-24)25-18-13-19-26(20-25)46-4/h7-20,22,27,31,42,44-45H,21H2,1-6H3,(H3,37,39,40,43)/t27-,31-,35+,36+/m1/s1. The largest absolute Gasteiger partial charge is 0.497 e. The number of aromatic nitrogens is 4. The highest BCUT2D eigenvalue weighted by Gasteiger charge is 2.77. The van der Waals surface area contributed by atoms with E-state index < -0.39 is 53.9 Å². The highest BCUT2D eigenvalue weighted by atomic mass is 28.3. The normalized spacial score (nSPS) is 23.4. The Balaban J connectivity index is 1.91. The van der Waals surface area contributed by atoms with Crippen molar-refractivity contribution in [1.82, 2.24) is 19.5 Å². The van der Waals surface area contributed by atoms with E-state index in [0.29, 0.717) is 22.4 Å². The van der Waals surface area contributed by atoms with Crippen LogP contribution in [0, 0.1) is 0 Å². The lowest BCUT2D eigenvalue weighted by atomic mass is 9.60. The van der Waals surface area contributed by atoms with Gasteiger partial charge in [0.25, 0.3) is 5.56 Å². The van der Waals surface area contributed by atoms with E-state index in [-0.39, 0.29) is 17.1 Å². The minimum Gasteiger partial charge on any atom is -0.497 e. The van der Waals surface area contributed by atoms with Crippen molar-refractivity contribution in [2.24, 2.45) is 0 Å². The molecule has 2 aromatic heterocycles. The summed E-state index contributed by atoms with van der Waals surface area (Å²) in [6, 6.07) is 26.5. The molecule has 0 amide bonds. The number of nitrogens with zero attached hydrogens (tertiary/aromatic N) is 3. The van der Waals surface area contributed by atoms with Crippen LogP contribution in [0.5, 0.6) is 5.75 Å². The summed E-state index contributed by atoms with van der Waals surface area (Å²) < 4.78 is 14.5. The maximum Gasteiger partial charge on any atom is 0.280 e. The molecule has 0 saturated carbocycles. The fourth-order valence-electron chi connectivity index (χ4n) is 7.55. The molecule has 4 atom stereocenters. The Hall–Kier alpha value is -4.33. The number of fused-ring (bicyclic) bond motifs is 1. The second-order valence-electron chi connectivity index (χ2n) is 14.0. The molecule has 6 N–H and O–H groups in total. The predicted octanol–water partition coefficient (Wildman–Crippen LogP) is 3.93. The van der Waals surface area contributed by atoms with Crippen molar-refractivity contribution in [3.8, 4) is 5.75 Å². The summed E-state index contributed by atoms with van der Waals surface area (Å²) in [5.74, 6) is 0.376. The highest BCUT2D eigenvalue weighted by Crippen LogP contribution is 2.63. The fraction of sp³-hybridized carbons (Fsp3) is 0.361. The number of aliphatic hydroxyl groups is 3. The highest BCUT2D eigenvalue weighted by molar-refractivity contribution is 6.83. The van der Waals surface area contributed by atoms with Crippen LogP contribution in [-0.2, 0) is 15.9 Å². The zero-order valence-corrected chi connectivity index (χ0v) is 29.0. The molecule has 252 valence electrons. The third-order valence-corrected chi connectivity index (χ3v) is 17.2. The van der Waals surface area contributed by atoms with Gasteiger partial charge in [-0.3, -0.25) is 14.3 Å². The van der Waals surface area contributed by atoms with Crippen LogP contribution in [0.1, 0.15) is 37.5 Å². The number of hydrogen-bond acceptors (Lipinski definition) is 9. The molecule has 48 heavy (non-hydrogen) atoms. The molecule has 6 rings (SSSR count). The molecule has 12 heteroatoms. The lowest BCUT2D eigenvalue weighted by Crippen LogP contribution is -2.72. The number of nitrogens with one attached hydrogen (secondary N) is 1. The molecule has 1 saturated heterocycles. The summed E-state index contributed by atoms with van der Waals surface area (Å²) >= 11 is 0. The second kappa shape index (κ2) is 11.7. The molecule has 1 aliphatic heterocycles. The first-order valence-electron chi connectivity index (χ1n) is 15.9. The Labute approximate surface area is 280 Å². The van der Waals surface area contributed by atoms with Crippen LogP contribution >= 0.6 is 0 Å². The number of benzene rings is 3. The first-order valence-corrected chi connectivity index (χ1v) is 18.9. The summed E-state index contributed by atoms with van der Waals surface area (Å²) in [4.78, 5) is 24.8. The van der Waals surface area contributed by atoms with Gasteiger partial charge >= 0.3 is 0 Å². The molecule has 0 radical (unpaired) electrons. The van der Waals surface area contributed by atoms with E-state index in [0.717, 1.165) is 0 Å². The van der Waals surface area contributed by atoms with Crippen molar-refractivity contribution in [1.29, 1.82) is 0 Å². The Kier molecular flexibility index (Phi) is 8.16. The molecule has 1 aliphatic rings. The molecule has 5 aromatic rings. The SMILES string of the molecule is COc1cccc(C(c2ccccc2)(c2ccccc2)[C@@]2(n3cnc4c(=O)[nH]c(N)nc43)O[C@H](CO)[C@](O)([Si](C)(C)C(C)(C)C)[C@H]2O)c1. The van der Waals surface area contributed by atoms with Gasteiger partial charge in [-0.15, -0.1) is 0 Å². The van der Waals surface area contributed by atoms with Gasteiger partial charge in [0, 0.05) is 0 Å². The number of anilines is 1. The maximum absolute atomic E-state index is 13.4. The van der Waals surface area contributed by atoms with E-state index in [1.165, 1.54) is 10.9 Å². The van der Waals surface area contributed by atoms with Crippen LogP contribution in [0.2, 0.25) is 18.1 Å². The Bertz CT molecular complexity index is 1950. The minimum atomic E-state index is -3.08. The van der Waals surface area contributed by atoms with Gasteiger partial charge in [0.15, 0.2) is 16.9 Å². The average Bonchev–Trinajstić information content (AvgIpc) is 3.60. The molecule has 11 nitrogen and oxygen atoms in total. The molecule has 3 heterocycles. The third-order valence-electron chi connectivity index (χ3n) is 10.9. The predicted molar refractivity (Wildman–Crippen MR) is 186 cm³/mol. The number of methoxy groups -OCH3 is 1. The van der Waals surface area contributed by atoms with Gasteiger partial charge < -0.3 is 30.5 Å². The lowest BCUT2D eigenvalue weighted by Gasteiger charge is -2.54. The summed E-state index contributed by atoms with van der Waals surface area (Å²) in [6.07, 6.45) is -1.63. The van der Waals surface area contributed by atoms with Gasteiger partial charge in [-0.25, -0.2) is 4.98 Å². The van der Waals surface area contributed by atoms with E-state index in [1.807, 2.05) is 119 Å². The Morgan fingerprint density at radius 1 is 1.00 bits per heavy atom. The molecule has 0 bridgehead atoms. The fourth-order valence-corrected chi connectivity index (χ4v) is 10.6. The van der Waals surface area contributed by atoms with Crippen LogP contribution in [-0.4, -0.2) is 74.1 Å². The van der Waals surface area contributed by atoms with Gasteiger partial charge in [-0.2, -0.15) is 4.98 Å². The van der Waals surface area contributed by atoms with Crippen LogP contribution in [0.3, 0.4) is 0 Å². The second-order valence-corrected chi connectivity index (χ2v) is 19.6.